The fraction of sp³-hybridized carbons (Fsp3) is 0.800. The van der Waals surface area contributed by atoms with Gasteiger partial charge in [0.05, 0.1) is 0 Å². The number of nitrogens with zero attached hydrogens (tertiary/aromatic N) is 2. The lowest BCUT2D eigenvalue weighted by molar-refractivity contribution is 0.0519. The van der Waals surface area contributed by atoms with E-state index in [0.717, 1.165) is 35.8 Å². The van der Waals surface area contributed by atoms with Gasteiger partial charge in [-0.2, -0.15) is 0 Å². The van der Waals surface area contributed by atoms with Crippen molar-refractivity contribution in [3.8, 4) is 0 Å². The minimum Gasteiger partial charge on any atom is -0.444 e. The van der Waals surface area contributed by atoms with Crippen molar-refractivity contribution in [2.45, 2.75) is 65.0 Å². The summed E-state index contributed by atoms with van der Waals surface area (Å²) in [5.41, 5.74) is -0.458. The molecule has 22 heavy (non-hydrogen) atoms. The summed E-state index contributed by atoms with van der Waals surface area (Å²) in [4.78, 5) is 11.7. The number of aryl methyl sites for hydroxylation is 1. The average molecular weight is 326 g/mol. The number of amides is 1. The van der Waals surface area contributed by atoms with Gasteiger partial charge in [-0.15, -0.1) is 10.2 Å². The van der Waals surface area contributed by atoms with Gasteiger partial charge in [0.1, 0.15) is 10.6 Å². The first-order valence-electron chi connectivity index (χ1n) is 7.93. The maximum Gasteiger partial charge on any atom is 0.407 e. The third-order valence-electron chi connectivity index (χ3n) is 3.64. The van der Waals surface area contributed by atoms with Crippen LogP contribution in [0.1, 0.15) is 52.0 Å². The maximum atomic E-state index is 11.7. The predicted octanol–water partition coefficient (Wildman–Crippen LogP) is 3.21. The minimum absolute atomic E-state index is 0.340. The predicted molar refractivity (Wildman–Crippen MR) is 88.3 cm³/mol. The van der Waals surface area contributed by atoms with Crippen LogP contribution in [0.25, 0.3) is 0 Å². The minimum atomic E-state index is -0.458. The van der Waals surface area contributed by atoms with Crippen LogP contribution in [0.2, 0.25) is 0 Å². The fourth-order valence-corrected chi connectivity index (χ4v) is 3.35. The van der Waals surface area contributed by atoms with Gasteiger partial charge in [-0.05, 0) is 46.0 Å². The van der Waals surface area contributed by atoms with Crippen LogP contribution >= 0.6 is 11.3 Å². The van der Waals surface area contributed by atoms with Crippen LogP contribution in [-0.2, 0) is 11.2 Å². The number of nitrogens with one attached hydrogen (secondary N) is 2. The highest BCUT2D eigenvalue weighted by molar-refractivity contribution is 7.15. The molecular weight excluding hydrogens is 300 g/mol. The lowest BCUT2D eigenvalue weighted by Crippen LogP contribution is -2.38. The largest absolute Gasteiger partial charge is 0.444 e. The molecule has 0 bridgehead atoms. The van der Waals surface area contributed by atoms with Gasteiger partial charge in [-0.25, -0.2) is 4.79 Å². The van der Waals surface area contributed by atoms with Crippen molar-refractivity contribution in [2.75, 3.05) is 11.9 Å². The summed E-state index contributed by atoms with van der Waals surface area (Å²) < 4.78 is 5.28. The van der Waals surface area contributed by atoms with Crippen LogP contribution in [0.4, 0.5) is 9.93 Å². The third-order valence-corrected chi connectivity index (χ3v) is 4.64. The lowest BCUT2D eigenvalue weighted by Gasteiger charge is -2.23. The Morgan fingerprint density at radius 2 is 2.14 bits per heavy atom. The highest BCUT2D eigenvalue weighted by atomic mass is 32.1. The number of rotatable bonds is 5. The van der Waals surface area contributed by atoms with E-state index in [0.29, 0.717) is 18.5 Å². The van der Waals surface area contributed by atoms with E-state index in [1.54, 1.807) is 11.3 Å². The number of carbonyl (C=O) groups excluding carboxylic acids is 1. The summed E-state index contributed by atoms with van der Waals surface area (Å²) in [6.07, 6.45) is 3.93. The second-order valence-corrected chi connectivity index (χ2v) is 7.74. The highest BCUT2D eigenvalue weighted by Gasteiger charge is 2.29. The maximum absolute atomic E-state index is 11.7. The number of hydrogen-bond donors (Lipinski definition) is 2. The standard InChI is InChI=1S/C15H26N4O2S/c1-5-12-18-19-13(22-12)17-11-8-6-7-10(11)9-16-14(20)21-15(2,3)4/h10-11H,5-9H2,1-4H3,(H,16,20)(H,17,19). The quantitative estimate of drug-likeness (QED) is 0.869. The van der Waals surface area contributed by atoms with Crippen LogP contribution in [0.5, 0.6) is 0 Å². The van der Waals surface area contributed by atoms with Crippen LogP contribution in [-0.4, -0.2) is 34.5 Å². The molecule has 2 atom stereocenters. The highest BCUT2D eigenvalue weighted by Crippen LogP contribution is 2.29. The zero-order valence-electron chi connectivity index (χ0n) is 13.8. The summed E-state index contributed by atoms with van der Waals surface area (Å²) in [5, 5.41) is 16.6. The van der Waals surface area contributed by atoms with E-state index >= 15 is 0 Å². The van der Waals surface area contributed by atoms with Gasteiger partial charge >= 0.3 is 6.09 Å². The monoisotopic (exact) mass is 326 g/mol. The summed E-state index contributed by atoms with van der Waals surface area (Å²) in [7, 11) is 0. The number of ether oxygens (including phenoxy) is 1. The SMILES string of the molecule is CCc1nnc(NC2CCCC2CNC(=O)OC(C)(C)C)s1. The number of anilines is 1. The van der Waals surface area contributed by atoms with E-state index < -0.39 is 5.60 Å². The Balaban J connectivity index is 1.81. The Bertz CT molecular complexity index is 498. The molecule has 2 rings (SSSR count). The Morgan fingerprint density at radius 1 is 1.36 bits per heavy atom. The van der Waals surface area contributed by atoms with Crippen LogP contribution in [0.3, 0.4) is 0 Å². The zero-order valence-corrected chi connectivity index (χ0v) is 14.6. The van der Waals surface area contributed by atoms with Gasteiger partial charge in [0.25, 0.3) is 0 Å². The summed E-state index contributed by atoms with van der Waals surface area (Å²) in [5.74, 6) is 0.404. The molecule has 0 aliphatic heterocycles. The molecule has 0 aromatic carbocycles. The molecule has 6 nitrogen and oxygen atoms in total. The number of alkyl carbamates (subject to hydrolysis) is 1. The Labute approximate surface area is 136 Å². The smallest absolute Gasteiger partial charge is 0.407 e. The van der Waals surface area contributed by atoms with Crippen LogP contribution in [0, 0.1) is 5.92 Å². The topological polar surface area (TPSA) is 76.1 Å². The average Bonchev–Trinajstić information content (AvgIpc) is 3.04. The molecule has 2 N–H and O–H groups in total. The molecule has 1 amide bonds. The first-order chi connectivity index (χ1) is 10.4. The van der Waals surface area contributed by atoms with Crippen molar-refractivity contribution >= 4 is 22.6 Å². The Kier molecular flexibility index (Phi) is 5.61. The van der Waals surface area contributed by atoms with Crippen molar-refractivity contribution in [3.63, 3.8) is 0 Å². The second kappa shape index (κ2) is 7.26. The molecule has 1 aromatic rings. The van der Waals surface area contributed by atoms with Crippen LogP contribution in [0.15, 0.2) is 0 Å². The van der Waals surface area contributed by atoms with Gasteiger partial charge in [0.15, 0.2) is 0 Å². The Morgan fingerprint density at radius 3 is 2.77 bits per heavy atom. The first kappa shape index (κ1) is 17.0. The molecule has 0 spiro atoms. The van der Waals surface area contributed by atoms with E-state index in [1.165, 1.54) is 0 Å². The van der Waals surface area contributed by atoms with Crippen molar-refractivity contribution in [1.29, 1.82) is 0 Å². The molecule has 2 unspecified atom stereocenters. The first-order valence-corrected chi connectivity index (χ1v) is 8.75. The molecule has 1 heterocycles. The second-order valence-electron chi connectivity index (χ2n) is 6.68. The lowest BCUT2D eigenvalue weighted by atomic mass is 10.0. The molecule has 1 aliphatic rings. The summed E-state index contributed by atoms with van der Waals surface area (Å²) in [6, 6.07) is 0.340. The van der Waals surface area contributed by atoms with Gasteiger partial charge in [-0.1, -0.05) is 24.7 Å². The van der Waals surface area contributed by atoms with E-state index in [4.69, 9.17) is 4.74 Å². The molecule has 1 saturated carbocycles. The van der Waals surface area contributed by atoms with E-state index in [9.17, 15) is 4.79 Å². The number of aromatic nitrogens is 2. The Hall–Kier alpha value is -1.37. The zero-order chi connectivity index (χ0) is 16.2. The molecule has 1 aliphatic carbocycles. The summed E-state index contributed by atoms with van der Waals surface area (Å²) in [6.45, 7) is 8.31. The fourth-order valence-electron chi connectivity index (χ4n) is 2.61. The molecule has 0 radical (unpaired) electrons. The molecule has 7 heteroatoms. The van der Waals surface area contributed by atoms with Gasteiger partial charge in [0, 0.05) is 12.6 Å². The van der Waals surface area contributed by atoms with Crippen molar-refractivity contribution < 1.29 is 9.53 Å². The normalized spacial score (nSPS) is 21.6. The molecule has 1 aromatic heterocycles. The van der Waals surface area contributed by atoms with Crippen molar-refractivity contribution in [2.24, 2.45) is 5.92 Å². The van der Waals surface area contributed by atoms with Gasteiger partial charge in [0.2, 0.25) is 5.13 Å². The number of hydrogen-bond acceptors (Lipinski definition) is 6. The van der Waals surface area contributed by atoms with Crippen molar-refractivity contribution in [1.82, 2.24) is 15.5 Å². The van der Waals surface area contributed by atoms with Crippen LogP contribution < -0.4 is 10.6 Å². The van der Waals surface area contributed by atoms with E-state index in [1.807, 2.05) is 20.8 Å². The third kappa shape index (κ3) is 5.12. The van der Waals surface area contributed by atoms with E-state index in [2.05, 4.69) is 27.8 Å². The van der Waals surface area contributed by atoms with Gasteiger partial charge in [-0.3, -0.25) is 0 Å². The molecule has 1 fully saturated rings. The summed E-state index contributed by atoms with van der Waals surface area (Å²) >= 11 is 1.61. The van der Waals surface area contributed by atoms with Gasteiger partial charge < -0.3 is 15.4 Å². The van der Waals surface area contributed by atoms with Crippen molar-refractivity contribution in [3.05, 3.63) is 5.01 Å². The molecular formula is C15H26N4O2S. The molecule has 0 saturated heterocycles. The van der Waals surface area contributed by atoms with E-state index in [-0.39, 0.29) is 6.09 Å². The number of carbonyl (C=O) groups is 1. The molecule has 124 valence electrons.